The zero-order chi connectivity index (χ0) is 11.1. The van der Waals surface area contributed by atoms with Crippen molar-refractivity contribution in [2.75, 3.05) is 0 Å². The van der Waals surface area contributed by atoms with E-state index in [1.165, 1.54) is 0 Å². The molecule has 1 amide bonds. The lowest BCUT2D eigenvalue weighted by molar-refractivity contribution is -0.122. The lowest BCUT2D eigenvalue weighted by Gasteiger charge is -2.10. The molecule has 1 heterocycles. The second-order valence-electron chi connectivity index (χ2n) is 3.43. The van der Waals surface area contributed by atoms with Gasteiger partial charge in [-0.2, -0.15) is 0 Å². The standard InChI is InChI=1S/C11H17N3O/c1-2-5-10(12)11(15)14-8-9-6-3-4-7-13-9/h3-4,6-7,10H,2,5,8,12H2,1H3,(H,14,15)/t10-/m0/s1. The van der Waals surface area contributed by atoms with Crippen LogP contribution in [0.5, 0.6) is 0 Å². The summed E-state index contributed by atoms with van der Waals surface area (Å²) in [6.07, 6.45) is 3.33. The molecule has 82 valence electrons. The fourth-order valence-electron chi connectivity index (χ4n) is 1.25. The van der Waals surface area contributed by atoms with Crippen molar-refractivity contribution < 1.29 is 4.79 Å². The lowest BCUT2D eigenvalue weighted by Crippen LogP contribution is -2.40. The quantitative estimate of drug-likeness (QED) is 0.751. The maximum atomic E-state index is 11.4. The number of rotatable bonds is 5. The van der Waals surface area contributed by atoms with Crippen molar-refractivity contribution in [3.05, 3.63) is 30.1 Å². The average molecular weight is 207 g/mol. The number of hydrogen-bond acceptors (Lipinski definition) is 3. The summed E-state index contributed by atoms with van der Waals surface area (Å²) in [6, 6.07) is 5.19. The predicted molar refractivity (Wildman–Crippen MR) is 59.0 cm³/mol. The molecule has 0 saturated heterocycles. The molecule has 0 spiro atoms. The molecule has 0 bridgehead atoms. The molecule has 0 aliphatic heterocycles. The number of amides is 1. The summed E-state index contributed by atoms with van der Waals surface area (Å²) in [4.78, 5) is 15.5. The van der Waals surface area contributed by atoms with Crippen molar-refractivity contribution in [3.63, 3.8) is 0 Å². The van der Waals surface area contributed by atoms with Gasteiger partial charge in [0.05, 0.1) is 18.3 Å². The molecule has 0 aromatic carbocycles. The molecular weight excluding hydrogens is 190 g/mol. The molecule has 1 aromatic rings. The van der Waals surface area contributed by atoms with Crippen LogP contribution in [-0.2, 0) is 11.3 Å². The number of carbonyl (C=O) groups excluding carboxylic acids is 1. The van der Waals surface area contributed by atoms with Gasteiger partial charge in [-0.3, -0.25) is 9.78 Å². The van der Waals surface area contributed by atoms with Gasteiger partial charge in [-0.1, -0.05) is 19.4 Å². The van der Waals surface area contributed by atoms with E-state index < -0.39 is 6.04 Å². The lowest BCUT2D eigenvalue weighted by atomic mass is 10.1. The minimum atomic E-state index is -0.404. The molecule has 0 aliphatic rings. The number of pyridine rings is 1. The Balaban J connectivity index is 2.34. The molecule has 0 radical (unpaired) electrons. The highest BCUT2D eigenvalue weighted by molar-refractivity contribution is 5.81. The van der Waals surface area contributed by atoms with Crippen LogP contribution in [0.25, 0.3) is 0 Å². The number of nitrogens with two attached hydrogens (primary N) is 1. The van der Waals surface area contributed by atoms with E-state index >= 15 is 0 Å². The van der Waals surface area contributed by atoms with Crippen LogP contribution in [-0.4, -0.2) is 16.9 Å². The monoisotopic (exact) mass is 207 g/mol. The Hall–Kier alpha value is -1.42. The molecule has 1 rings (SSSR count). The summed E-state index contributed by atoms with van der Waals surface area (Å²) < 4.78 is 0. The molecule has 15 heavy (non-hydrogen) atoms. The van der Waals surface area contributed by atoms with Crippen molar-refractivity contribution >= 4 is 5.91 Å². The molecular formula is C11H17N3O. The Morgan fingerprint density at radius 3 is 3.00 bits per heavy atom. The number of nitrogens with zero attached hydrogens (tertiary/aromatic N) is 1. The number of carbonyl (C=O) groups is 1. The smallest absolute Gasteiger partial charge is 0.237 e. The first-order chi connectivity index (χ1) is 7.24. The van der Waals surface area contributed by atoms with Crippen LogP contribution in [0.2, 0.25) is 0 Å². The summed E-state index contributed by atoms with van der Waals surface area (Å²) in [5, 5.41) is 2.76. The molecule has 4 heteroatoms. The summed E-state index contributed by atoms with van der Waals surface area (Å²) in [5.41, 5.74) is 6.50. The van der Waals surface area contributed by atoms with Gasteiger partial charge in [0.15, 0.2) is 0 Å². The maximum absolute atomic E-state index is 11.4. The zero-order valence-electron chi connectivity index (χ0n) is 8.94. The van der Waals surface area contributed by atoms with Crippen molar-refractivity contribution in [2.45, 2.75) is 32.4 Å². The number of aromatic nitrogens is 1. The maximum Gasteiger partial charge on any atom is 0.237 e. The minimum absolute atomic E-state index is 0.109. The van der Waals surface area contributed by atoms with Gasteiger partial charge in [-0.15, -0.1) is 0 Å². The topological polar surface area (TPSA) is 68.0 Å². The highest BCUT2D eigenvalue weighted by Crippen LogP contribution is 1.95. The van der Waals surface area contributed by atoms with Crippen molar-refractivity contribution in [3.8, 4) is 0 Å². The predicted octanol–water partition coefficient (Wildman–Crippen LogP) is 0.825. The first-order valence-corrected chi connectivity index (χ1v) is 5.17. The summed E-state index contributed by atoms with van der Waals surface area (Å²) in [5.74, 6) is -0.109. The molecule has 0 saturated carbocycles. The second kappa shape index (κ2) is 6.14. The van der Waals surface area contributed by atoms with Crippen LogP contribution in [0.1, 0.15) is 25.5 Å². The van der Waals surface area contributed by atoms with E-state index in [1.54, 1.807) is 6.20 Å². The van der Waals surface area contributed by atoms with Gasteiger partial charge in [0.2, 0.25) is 5.91 Å². The third-order valence-electron chi connectivity index (χ3n) is 2.11. The van der Waals surface area contributed by atoms with E-state index in [0.29, 0.717) is 13.0 Å². The number of nitrogens with one attached hydrogen (secondary N) is 1. The van der Waals surface area contributed by atoms with Gasteiger partial charge in [0, 0.05) is 6.20 Å². The van der Waals surface area contributed by atoms with Crippen LogP contribution in [0, 0.1) is 0 Å². The minimum Gasteiger partial charge on any atom is -0.349 e. The molecule has 0 unspecified atom stereocenters. The van der Waals surface area contributed by atoms with Crippen molar-refractivity contribution in [1.82, 2.24) is 10.3 Å². The normalized spacial score (nSPS) is 12.1. The Bertz CT molecular complexity index is 300. The Kier molecular flexibility index (Phi) is 4.77. The first kappa shape index (κ1) is 11.7. The Labute approximate surface area is 89.9 Å². The largest absolute Gasteiger partial charge is 0.349 e. The van der Waals surface area contributed by atoms with Crippen molar-refractivity contribution in [1.29, 1.82) is 0 Å². The van der Waals surface area contributed by atoms with Crippen LogP contribution >= 0.6 is 0 Å². The molecule has 1 aromatic heterocycles. The van der Waals surface area contributed by atoms with Crippen LogP contribution in [0.3, 0.4) is 0 Å². The highest BCUT2D eigenvalue weighted by Gasteiger charge is 2.11. The van der Waals surface area contributed by atoms with E-state index in [1.807, 2.05) is 25.1 Å². The molecule has 0 fully saturated rings. The second-order valence-corrected chi connectivity index (χ2v) is 3.43. The molecule has 3 N–H and O–H groups in total. The Morgan fingerprint density at radius 2 is 2.40 bits per heavy atom. The zero-order valence-corrected chi connectivity index (χ0v) is 8.94. The van der Waals surface area contributed by atoms with E-state index in [0.717, 1.165) is 12.1 Å². The third-order valence-corrected chi connectivity index (χ3v) is 2.11. The van der Waals surface area contributed by atoms with E-state index in [2.05, 4.69) is 10.3 Å². The highest BCUT2D eigenvalue weighted by atomic mass is 16.2. The first-order valence-electron chi connectivity index (χ1n) is 5.17. The van der Waals surface area contributed by atoms with Gasteiger partial charge >= 0.3 is 0 Å². The SMILES string of the molecule is CCC[C@H](N)C(=O)NCc1ccccn1. The van der Waals surface area contributed by atoms with E-state index in [-0.39, 0.29) is 5.91 Å². The molecule has 0 aliphatic carbocycles. The number of hydrogen-bond donors (Lipinski definition) is 2. The van der Waals surface area contributed by atoms with Gasteiger partial charge in [-0.25, -0.2) is 0 Å². The Morgan fingerprint density at radius 1 is 1.60 bits per heavy atom. The fraction of sp³-hybridized carbons (Fsp3) is 0.455. The summed E-state index contributed by atoms with van der Waals surface area (Å²) in [7, 11) is 0. The van der Waals surface area contributed by atoms with Crippen LogP contribution < -0.4 is 11.1 Å². The molecule has 1 atom stereocenters. The van der Waals surface area contributed by atoms with Crippen molar-refractivity contribution in [2.24, 2.45) is 5.73 Å². The van der Waals surface area contributed by atoms with E-state index in [9.17, 15) is 4.79 Å². The summed E-state index contributed by atoms with van der Waals surface area (Å²) in [6.45, 7) is 2.45. The summed E-state index contributed by atoms with van der Waals surface area (Å²) >= 11 is 0. The van der Waals surface area contributed by atoms with Crippen LogP contribution in [0.15, 0.2) is 24.4 Å². The van der Waals surface area contributed by atoms with Gasteiger partial charge < -0.3 is 11.1 Å². The van der Waals surface area contributed by atoms with Gasteiger partial charge in [-0.05, 0) is 18.6 Å². The average Bonchev–Trinajstić information content (AvgIpc) is 2.27. The van der Waals surface area contributed by atoms with Crippen LogP contribution in [0.4, 0.5) is 0 Å². The van der Waals surface area contributed by atoms with Gasteiger partial charge in [0.25, 0.3) is 0 Å². The molecule has 4 nitrogen and oxygen atoms in total. The van der Waals surface area contributed by atoms with Gasteiger partial charge in [0.1, 0.15) is 0 Å². The van der Waals surface area contributed by atoms with E-state index in [4.69, 9.17) is 5.73 Å². The third kappa shape index (κ3) is 4.08. The fourth-order valence-corrected chi connectivity index (χ4v) is 1.25.